The van der Waals surface area contributed by atoms with Crippen molar-refractivity contribution in [2.45, 2.75) is 46.6 Å². The number of sulfonamides is 1. The van der Waals surface area contributed by atoms with Gasteiger partial charge in [0.15, 0.2) is 0 Å². The van der Waals surface area contributed by atoms with Gasteiger partial charge in [-0.1, -0.05) is 20.8 Å². The highest BCUT2D eigenvalue weighted by Gasteiger charge is 2.23. The molecule has 0 radical (unpaired) electrons. The lowest BCUT2D eigenvalue weighted by Crippen LogP contribution is -2.43. The first kappa shape index (κ1) is 14.9. The van der Waals surface area contributed by atoms with Gasteiger partial charge in [-0.15, -0.1) is 0 Å². The molecule has 2 unspecified atom stereocenters. The summed E-state index contributed by atoms with van der Waals surface area (Å²) >= 11 is 0. The van der Waals surface area contributed by atoms with Crippen LogP contribution in [0.4, 0.5) is 0 Å². The molecule has 5 heteroatoms. The van der Waals surface area contributed by atoms with E-state index in [1.165, 1.54) is 0 Å². The first-order chi connectivity index (χ1) is 7.68. The van der Waals surface area contributed by atoms with E-state index in [1.54, 1.807) is 0 Å². The Balaban J connectivity index is 2.35. The molecule has 0 bridgehead atoms. The van der Waals surface area contributed by atoms with Gasteiger partial charge in [0.05, 0.1) is 5.75 Å². The molecule has 1 heterocycles. The summed E-state index contributed by atoms with van der Waals surface area (Å²) in [6.45, 7) is 9.47. The number of rotatable bonds is 4. The van der Waals surface area contributed by atoms with Crippen LogP contribution in [0.3, 0.4) is 0 Å². The van der Waals surface area contributed by atoms with Crippen molar-refractivity contribution in [2.24, 2.45) is 11.3 Å². The molecule has 2 atom stereocenters. The molecule has 0 aromatic carbocycles. The van der Waals surface area contributed by atoms with Crippen molar-refractivity contribution in [2.75, 3.05) is 18.8 Å². The Morgan fingerprint density at radius 1 is 1.29 bits per heavy atom. The number of hydrogen-bond acceptors (Lipinski definition) is 3. The fourth-order valence-electron chi connectivity index (χ4n) is 2.10. The molecular formula is C12H26N2O2S. The predicted octanol–water partition coefficient (Wildman–Crippen LogP) is 1.34. The Hall–Kier alpha value is -0.130. The van der Waals surface area contributed by atoms with Crippen LogP contribution in [0.2, 0.25) is 0 Å². The van der Waals surface area contributed by atoms with Crippen LogP contribution in [0.25, 0.3) is 0 Å². The molecule has 4 nitrogen and oxygen atoms in total. The maximum absolute atomic E-state index is 11.8. The van der Waals surface area contributed by atoms with Gasteiger partial charge < -0.3 is 5.32 Å². The number of piperidine rings is 1. The highest BCUT2D eigenvalue weighted by molar-refractivity contribution is 7.89. The SMILES string of the molecule is CC1CCC(CNS(=O)(=O)CC(C)(C)C)CN1. The molecule has 0 aromatic heterocycles. The monoisotopic (exact) mass is 262 g/mol. The quantitative estimate of drug-likeness (QED) is 0.804. The van der Waals surface area contributed by atoms with Crippen LogP contribution in [0.1, 0.15) is 40.5 Å². The van der Waals surface area contributed by atoms with Crippen molar-refractivity contribution in [1.29, 1.82) is 0 Å². The molecule has 1 rings (SSSR count). The van der Waals surface area contributed by atoms with Gasteiger partial charge in [0.25, 0.3) is 0 Å². The Labute approximate surface area is 106 Å². The molecule has 0 aliphatic carbocycles. The molecule has 0 amide bonds. The van der Waals surface area contributed by atoms with Crippen molar-refractivity contribution in [3.05, 3.63) is 0 Å². The fraction of sp³-hybridized carbons (Fsp3) is 1.00. The van der Waals surface area contributed by atoms with E-state index in [4.69, 9.17) is 0 Å². The highest BCUT2D eigenvalue weighted by atomic mass is 32.2. The third-order valence-electron chi connectivity index (χ3n) is 2.98. The van der Waals surface area contributed by atoms with E-state index in [-0.39, 0.29) is 11.2 Å². The summed E-state index contributed by atoms with van der Waals surface area (Å²) in [5.74, 6) is 0.622. The normalized spacial score (nSPS) is 27.1. The topological polar surface area (TPSA) is 58.2 Å². The zero-order valence-corrected chi connectivity index (χ0v) is 12.2. The van der Waals surface area contributed by atoms with E-state index in [2.05, 4.69) is 17.0 Å². The second-order valence-electron chi connectivity index (χ2n) is 6.42. The largest absolute Gasteiger partial charge is 0.314 e. The van der Waals surface area contributed by atoms with Crippen molar-refractivity contribution in [3.63, 3.8) is 0 Å². The number of hydrogen-bond donors (Lipinski definition) is 2. The van der Waals surface area contributed by atoms with Crippen LogP contribution in [0, 0.1) is 11.3 Å². The molecule has 1 fully saturated rings. The van der Waals surface area contributed by atoms with Crippen LogP contribution in [-0.4, -0.2) is 33.3 Å². The van der Waals surface area contributed by atoms with Crippen LogP contribution in [0.5, 0.6) is 0 Å². The Bertz CT molecular complexity index is 325. The number of nitrogens with one attached hydrogen (secondary N) is 2. The van der Waals surface area contributed by atoms with E-state index >= 15 is 0 Å². The Kier molecular flexibility index (Phi) is 4.98. The summed E-state index contributed by atoms with van der Waals surface area (Å²) in [7, 11) is -3.13. The lowest BCUT2D eigenvalue weighted by Gasteiger charge is -2.28. The molecule has 1 saturated heterocycles. The molecule has 2 N–H and O–H groups in total. The average molecular weight is 262 g/mol. The maximum atomic E-state index is 11.8. The molecule has 102 valence electrons. The van der Waals surface area contributed by atoms with E-state index in [0.29, 0.717) is 18.5 Å². The summed E-state index contributed by atoms with van der Waals surface area (Å²) in [5, 5.41) is 3.38. The lowest BCUT2D eigenvalue weighted by molar-refractivity contribution is 0.322. The van der Waals surface area contributed by atoms with Crippen LogP contribution in [0.15, 0.2) is 0 Å². The fourth-order valence-corrected chi connectivity index (χ4v) is 3.83. The molecule has 0 saturated carbocycles. The standard InChI is InChI=1S/C12H26N2O2S/c1-10-5-6-11(7-13-10)8-14-17(15,16)9-12(2,3)4/h10-11,13-14H,5-9H2,1-4H3. The van der Waals surface area contributed by atoms with E-state index in [9.17, 15) is 8.42 Å². The summed E-state index contributed by atoms with van der Waals surface area (Å²) < 4.78 is 26.4. The van der Waals surface area contributed by atoms with Crippen molar-refractivity contribution >= 4 is 10.0 Å². The smallest absolute Gasteiger partial charge is 0.212 e. The predicted molar refractivity (Wildman–Crippen MR) is 71.4 cm³/mol. The minimum atomic E-state index is -3.13. The van der Waals surface area contributed by atoms with Gasteiger partial charge in [-0.05, 0) is 37.6 Å². The van der Waals surface area contributed by atoms with Gasteiger partial charge in [-0.3, -0.25) is 0 Å². The Morgan fingerprint density at radius 2 is 1.94 bits per heavy atom. The minimum absolute atomic E-state index is 0.189. The van der Waals surface area contributed by atoms with E-state index in [1.807, 2.05) is 20.8 Å². The highest BCUT2D eigenvalue weighted by Crippen LogP contribution is 2.17. The summed E-state index contributed by atoms with van der Waals surface area (Å²) in [6, 6.07) is 0.567. The summed E-state index contributed by atoms with van der Waals surface area (Å²) in [5.41, 5.74) is -0.189. The average Bonchev–Trinajstić information content (AvgIpc) is 2.13. The zero-order chi connectivity index (χ0) is 13.1. The lowest BCUT2D eigenvalue weighted by atomic mass is 9.96. The second kappa shape index (κ2) is 5.67. The molecule has 1 aliphatic heterocycles. The third kappa shape index (κ3) is 6.38. The Morgan fingerprint density at radius 3 is 2.41 bits per heavy atom. The van der Waals surface area contributed by atoms with Gasteiger partial charge in [0.1, 0.15) is 0 Å². The van der Waals surface area contributed by atoms with Gasteiger partial charge in [-0.2, -0.15) is 0 Å². The molecule has 0 spiro atoms. The molecular weight excluding hydrogens is 236 g/mol. The van der Waals surface area contributed by atoms with Crippen molar-refractivity contribution in [1.82, 2.24) is 10.0 Å². The van der Waals surface area contributed by atoms with Crippen molar-refractivity contribution < 1.29 is 8.42 Å². The van der Waals surface area contributed by atoms with Gasteiger partial charge in [-0.25, -0.2) is 13.1 Å². The van der Waals surface area contributed by atoms with Crippen LogP contribution >= 0.6 is 0 Å². The van der Waals surface area contributed by atoms with Crippen LogP contribution < -0.4 is 10.0 Å². The second-order valence-corrected chi connectivity index (χ2v) is 8.23. The van der Waals surface area contributed by atoms with Crippen molar-refractivity contribution in [3.8, 4) is 0 Å². The minimum Gasteiger partial charge on any atom is -0.314 e. The summed E-state index contributed by atoms with van der Waals surface area (Å²) in [6.07, 6.45) is 2.23. The van der Waals surface area contributed by atoms with E-state index < -0.39 is 10.0 Å². The van der Waals surface area contributed by atoms with Gasteiger partial charge in [0, 0.05) is 12.6 Å². The first-order valence-corrected chi connectivity index (χ1v) is 8.04. The molecule has 1 aliphatic rings. The first-order valence-electron chi connectivity index (χ1n) is 6.39. The van der Waals surface area contributed by atoms with Crippen LogP contribution in [-0.2, 0) is 10.0 Å². The third-order valence-corrected chi connectivity index (χ3v) is 4.83. The molecule has 0 aromatic rings. The van der Waals surface area contributed by atoms with Gasteiger partial charge >= 0.3 is 0 Å². The zero-order valence-electron chi connectivity index (χ0n) is 11.4. The molecule has 17 heavy (non-hydrogen) atoms. The van der Waals surface area contributed by atoms with Gasteiger partial charge in [0.2, 0.25) is 10.0 Å². The van der Waals surface area contributed by atoms with E-state index in [0.717, 1.165) is 19.4 Å². The summed E-state index contributed by atoms with van der Waals surface area (Å²) in [4.78, 5) is 0. The maximum Gasteiger partial charge on any atom is 0.212 e.